The first-order valence-electron chi connectivity index (χ1n) is 11.3. The monoisotopic (exact) mass is 480 g/mol. The predicted molar refractivity (Wildman–Crippen MR) is 134 cm³/mol. The summed E-state index contributed by atoms with van der Waals surface area (Å²) in [5, 5.41) is 9.13. The number of carbonyl (C=O) groups is 1. The maximum Gasteiger partial charge on any atom is 0.335 e. The van der Waals surface area contributed by atoms with Gasteiger partial charge in [0.2, 0.25) is 5.75 Å². The third kappa shape index (κ3) is 6.18. The number of carboxylic acids is 1. The third-order valence-electron chi connectivity index (χ3n) is 6.00. The van der Waals surface area contributed by atoms with Gasteiger partial charge in [-0.15, -0.1) is 0 Å². The number of hydrogen-bond donors (Lipinski definition) is 1. The van der Waals surface area contributed by atoms with Crippen molar-refractivity contribution in [3.63, 3.8) is 0 Å². The van der Waals surface area contributed by atoms with Crippen molar-refractivity contribution in [3.8, 4) is 28.7 Å². The largest absolute Gasteiger partial charge is 0.493 e. The zero-order valence-electron chi connectivity index (χ0n) is 20.8. The topological polar surface area (TPSA) is 83.5 Å². The molecule has 0 saturated heterocycles. The van der Waals surface area contributed by atoms with Crippen LogP contribution < -0.4 is 23.7 Å². The quantitative estimate of drug-likeness (QED) is 0.391. The van der Waals surface area contributed by atoms with Crippen molar-refractivity contribution in [2.45, 2.75) is 25.7 Å². The van der Waals surface area contributed by atoms with Gasteiger partial charge in [-0.1, -0.05) is 12.1 Å². The van der Waals surface area contributed by atoms with Gasteiger partial charge >= 0.3 is 5.97 Å². The number of carboxylic acid groups (broad SMARTS) is 1. The first-order chi connectivity index (χ1) is 16.9. The van der Waals surface area contributed by atoms with Gasteiger partial charge in [0.1, 0.15) is 0 Å². The molecule has 0 bridgehead atoms. The van der Waals surface area contributed by atoms with Crippen LogP contribution in [0.1, 0.15) is 32.6 Å². The van der Waals surface area contributed by atoms with Crippen LogP contribution in [0.4, 0.5) is 0 Å². The molecule has 0 aromatic heterocycles. The highest BCUT2D eigenvalue weighted by Crippen LogP contribution is 2.39. The molecule has 0 spiro atoms. The van der Waals surface area contributed by atoms with Gasteiger partial charge in [0.15, 0.2) is 23.0 Å². The van der Waals surface area contributed by atoms with Crippen LogP contribution in [0.15, 0.2) is 48.5 Å². The van der Waals surface area contributed by atoms with Crippen molar-refractivity contribution < 1.29 is 33.6 Å². The van der Waals surface area contributed by atoms with Gasteiger partial charge in [-0.2, -0.15) is 0 Å². The summed E-state index contributed by atoms with van der Waals surface area (Å²) >= 11 is 0. The minimum absolute atomic E-state index is 0.283. The minimum atomic E-state index is -0.925. The zero-order valence-corrected chi connectivity index (χ0v) is 20.8. The van der Waals surface area contributed by atoms with E-state index in [1.807, 2.05) is 36.4 Å². The molecular formula is C28H32O7. The first kappa shape index (κ1) is 25.7. The van der Waals surface area contributed by atoms with Crippen LogP contribution in [-0.4, -0.2) is 46.6 Å². The smallest absolute Gasteiger partial charge is 0.335 e. The summed E-state index contributed by atoms with van der Waals surface area (Å²) in [5.41, 5.74) is 4.71. The van der Waals surface area contributed by atoms with E-state index in [1.54, 1.807) is 47.7 Å². The lowest BCUT2D eigenvalue weighted by atomic mass is 9.94. The van der Waals surface area contributed by atoms with Crippen molar-refractivity contribution in [2.24, 2.45) is 0 Å². The SMILES string of the molecule is COc1cc(CCc2ccc(C(=O)O)cc2)c(CCc2cc(OC)c(OC)c(OC)c2)cc1OC. The van der Waals surface area contributed by atoms with Crippen molar-refractivity contribution in [1.82, 2.24) is 0 Å². The fraction of sp³-hybridized carbons (Fsp3) is 0.321. The number of methoxy groups -OCH3 is 5. The Morgan fingerprint density at radius 3 is 1.46 bits per heavy atom. The number of rotatable bonds is 12. The van der Waals surface area contributed by atoms with E-state index in [0.717, 1.165) is 47.9 Å². The molecule has 0 aliphatic heterocycles. The summed E-state index contributed by atoms with van der Waals surface area (Å²) < 4.78 is 27.5. The number of ether oxygens (including phenoxy) is 5. The fourth-order valence-electron chi connectivity index (χ4n) is 4.08. The van der Waals surface area contributed by atoms with Crippen molar-refractivity contribution in [2.75, 3.05) is 35.5 Å². The maximum atomic E-state index is 11.1. The minimum Gasteiger partial charge on any atom is -0.493 e. The normalized spacial score (nSPS) is 10.5. The van der Waals surface area contributed by atoms with E-state index in [4.69, 9.17) is 28.8 Å². The van der Waals surface area contributed by atoms with Crippen molar-refractivity contribution >= 4 is 5.97 Å². The van der Waals surface area contributed by atoms with Crippen LogP contribution in [0.5, 0.6) is 28.7 Å². The van der Waals surface area contributed by atoms with Crippen LogP contribution in [-0.2, 0) is 25.7 Å². The average Bonchev–Trinajstić information content (AvgIpc) is 2.89. The summed E-state index contributed by atoms with van der Waals surface area (Å²) in [7, 11) is 8.06. The fourth-order valence-corrected chi connectivity index (χ4v) is 4.08. The molecular weight excluding hydrogens is 448 g/mol. The van der Waals surface area contributed by atoms with Gasteiger partial charge in [-0.25, -0.2) is 4.79 Å². The Bertz CT molecular complexity index is 1130. The number of hydrogen-bond acceptors (Lipinski definition) is 6. The van der Waals surface area contributed by atoms with Crippen LogP contribution in [0.2, 0.25) is 0 Å². The van der Waals surface area contributed by atoms with E-state index in [-0.39, 0.29) is 5.56 Å². The third-order valence-corrected chi connectivity index (χ3v) is 6.00. The second-order valence-corrected chi connectivity index (χ2v) is 8.01. The second-order valence-electron chi connectivity index (χ2n) is 8.01. The van der Waals surface area contributed by atoms with Gasteiger partial charge in [0.25, 0.3) is 0 Å². The summed E-state index contributed by atoms with van der Waals surface area (Å²) in [4.78, 5) is 11.1. The summed E-state index contributed by atoms with van der Waals surface area (Å²) in [6.45, 7) is 0. The van der Waals surface area contributed by atoms with Gasteiger partial charge in [-0.3, -0.25) is 0 Å². The van der Waals surface area contributed by atoms with E-state index in [9.17, 15) is 4.79 Å². The van der Waals surface area contributed by atoms with Gasteiger partial charge in [0.05, 0.1) is 41.1 Å². The van der Waals surface area contributed by atoms with Crippen LogP contribution >= 0.6 is 0 Å². The lowest BCUT2D eigenvalue weighted by Crippen LogP contribution is -2.03. The Labute approximate surface area is 206 Å². The van der Waals surface area contributed by atoms with Gasteiger partial charge in [-0.05, 0) is 84.3 Å². The lowest BCUT2D eigenvalue weighted by Gasteiger charge is -2.17. The zero-order chi connectivity index (χ0) is 25.4. The molecule has 0 amide bonds. The standard InChI is InChI=1S/C28H32O7/c1-31-23-16-21(12-8-18-6-10-20(11-7-18)28(29)30)22(17-24(23)32-2)13-9-19-14-25(33-3)27(35-5)26(15-19)34-4/h6-7,10-11,14-17H,8-9,12-13H2,1-5H3,(H,29,30). The highest BCUT2D eigenvalue weighted by molar-refractivity contribution is 5.87. The van der Waals surface area contributed by atoms with E-state index in [0.29, 0.717) is 28.7 Å². The molecule has 0 heterocycles. The Morgan fingerprint density at radius 1 is 0.600 bits per heavy atom. The molecule has 1 N–H and O–H groups in total. The van der Waals surface area contributed by atoms with E-state index in [1.165, 1.54) is 0 Å². The van der Waals surface area contributed by atoms with E-state index < -0.39 is 5.97 Å². The van der Waals surface area contributed by atoms with E-state index >= 15 is 0 Å². The van der Waals surface area contributed by atoms with Crippen LogP contribution in [0.25, 0.3) is 0 Å². The molecule has 35 heavy (non-hydrogen) atoms. The molecule has 7 nitrogen and oxygen atoms in total. The molecule has 0 atom stereocenters. The highest BCUT2D eigenvalue weighted by atomic mass is 16.5. The second kappa shape index (κ2) is 12.0. The molecule has 0 aliphatic carbocycles. The summed E-state index contributed by atoms with van der Waals surface area (Å²) in [6, 6.07) is 15.0. The summed E-state index contributed by atoms with van der Waals surface area (Å²) in [5.74, 6) is 2.26. The number of aryl methyl sites for hydroxylation is 4. The van der Waals surface area contributed by atoms with Crippen LogP contribution in [0.3, 0.4) is 0 Å². The Hall–Kier alpha value is -3.87. The Kier molecular flexibility index (Phi) is 8.84. The van der Waals surface area contributed by atoms with Crippen molar-refractivity contribution in [3.05, 3.63) is 76.3 Å². The Morgan fingerprint density at radius 2 is 1.06 bits per heavy atom. The summed E-state index contributed by atoms with van der Waals surface area (Å²) in [6.07, 6.45) is 3.07. The molecule has 0 unspecified atom stereocenters. The highest BCUT2D eigenvalue weighted by Gasteiger charge is 2.15. The molecule has 0 radical (unpaired) electrons. The molecule has 3 rings (SSSR count). The number of aromatic carboxylic acids is 1. The first-order valence-corrected chi connectivity index (χ1v) is 11.3. The molecule has 7 heteroatoms. The van der Waals surface area contributed by atoms with Gasteiger partial charge in [0, 0.05) is 0 Å². The molecule has 3 aromatic rings. The van der Waals surface area contributed by atoms with Gasteiger partial charge < -0.3 is 28.8 Å². The molecule has 0 fully saturated rings. The van der Waals surface area contributed by atoms with Crippen molar-refractivity contribution in [1.29, 1.82) is 0 Å². The maximum absolute atomic E-state index is 11.1. The van der Waals surface area contributed by atoms with Crippen LogP contribution in [0, 0.1) is 0 Å². The predicted octanol–water partition coefficient (Wildman–Crippen LogP) is 5.00. The Balaban J connectivity index is 1.86. The molecule has 0 aliphatic rings. The molecule has 186 valence electrons. The lowest BCUT2D eigenvalue weighted by molar-refractivity contribution is 0.0697. The molecule has 0 saturated carbocycles. The average molecular weight is 481 g/mol. The molecule has 3 aromatic carbocycles. The van der Waals surface area contributed by atoms with E-state index in [2.05, 4.69) is 0 Å². The number of benzene rings is 3.